The highest BCUT2D eigenvalue weighted by Crippen LogP contribution is 2.28. The summed E-state index contributed by atoms with van der Waals surface area (Å²) < 4.78 is 5.09. The first-order chi connectivity index (χ1) is 9.10. The number of carbonyl (C=O) groups is 1. The van der Waals surface area contributed by atoms with E-state index in [1.165, 1.54) is 0 Å². The highest BCUT2D eigenvalue weighted by molar-refractivity contribution is 5.89. The minimum Gasteiger partial charge on any atom is -0.497 e. The topological polar surface area (TPSA) is 84.6 Å². The van der Waals surface area contributed by atoms with E-state index >= 15 is 0 Å². The van der Waals surface area contributed by atoms with Gasteiger partial charge in [-0.3, -0.25) is 5.32 Å². The highest BCUT2D eigenvalue weighted by Gasteiger charge is 2.05. The molecule has 0 unspecified atom stereocenters. The lowest BCUT2D eigenvalue weighted by Gasteiger charge is -2.08. The summed E-state index contributed by atoms with van der Waals surface area (Å²) in [4.78, 5) is 10.6. The van der Waals surface area contributed by atoms with Crippen molar-refractivity contribution in [3.8, 4) is 16.9 Å². The van der Waals surface area contributed by atoms with Gasteiger partial charge < -0.3 is 15.6 Å². The monoisotopic (exact) mass is 258 g/mol. The molecule has 19 heavy (non-hydrogen) atoms. The minimum atomic E-state index is -1.14. The number of hydrogen-bond donors (Lipinski definition) is 3. The SMILES string of the molecule is COc1ccc(-c2ccc(NC(=O)O)c(N)c2)cc1. The average Bonchev–Trinajstić information content (AvgIpc) is 2.41. The van der Waals surface area contributed by atoms with Gasteiger partial charge in [0, 0.05) is 0 Å². The van der Waals surface area contributed by atoms with E-state index in [9.17, 15) is 4.79 Å². The predicted molar refractivity (Wildman–Crippen MR) is 74.5 cm³/mol. The molecule has 0 saturated heterocycles. The van der Waals surface area contributed by atoms with Crippen molar-refractivity contribution in [3.05, 3.63) is 42.5 Å². The van der Waals surface area contributed by atoms with Crippen molar-refractivity contribution in [2.45, 2.75) is 0 Å². The normalized spacial score (nSPS) is 9.95. The molecule has 1 amide bonds. The molecule has 0 radical (unpaired) electrons. The van der Waals surface area contributed by atoms with Gasteiger partial charge in [0.1, 0.15) is 5.75 Å². The number of rotatable bonds is 3. The molecule has 0 aromatic heterocycles. The third-order valence-electron chi connectivity index (χ3n) is 2.72. The van der Waals surface area contributed by atoms with Gasteiger partial charge in [-0.15, -0.1) is 0 Å². The number of ether oxygens (including phenoxy) is 1. The van der Waals surface area contributed by atoms with Crippen LogP contribution in [0.5, 0.6) is 5.75 Å². The van der Waals surface area contributed by atoms with Crippen LogP contribution in [0, 0.1) is 0 Å². The van der Waals surface area contributed by atoms with Crippen molar-refractivity contribution < 1.29 is 14.6 Å². The first-order valence-electron chi connectivity index (χ1n) is 5.64. The van der Waals surface area contributed by atoms with Gasteiger partial charge in [-0.2, -0.15) is 0 Å². The molecule has 98 valence electrons. The first-order valence-corrected chi connectivity index (χ1v) is 5.64. The molecule has 0 spiro atoms. The lowest BCUT2D eigenvalue weighted by atomic mass is 10.0. The molecule has 0 atom stereocenters. The molecule has 0 saturated carbocycles. The molecule has 2 aromatic rings. The summed E-state index contributed by atoms with van der Waals surface area (Å²) in [5, 5.41) is 10.9. The zero-order valence-corrected chi connectivity index (χ0v) is 10.4. The van der Waals surface area contributed by atoms with E-state index in [1.807, 2.05) is 30.3 Å². The Hall–Kier alpha value is -2.69. The van der Waals surface area contributed by atoms with Crippen LogP contribution in [-0.2, 0) is 0 Å². The molecule has 2 aromatic carbocycles. The molecule has 0 aliphatic rings. The zero-order valence-electron chi connectivity index (χ0n) is 10.4. The van der Waals surface area contributed by atoms with Crippen molar-refractivity contribution >= 4 is 17.5 Å². The molecule has 0 aliphatic carbocycles. The molecule has 5 nitrogen and oxygen atoms in total. The Kier molecular flexibility index (Phi) is 3.56. The van der Waals surface area contributed by atoms with Crippen LogP contribution < -0.4 is 15.8 Å². The van der Waals surface area contributed by atoms with Crippen LogP contribution in [-0.4, -0.2) is 18.3 Å². The summed E-state index contributed by atoms with van der Waals surface area (Å²) in [6.45, 7) is 0. The van der Waals surface area contributed by atoms with Gasteiger partial charge in [0.05, 0.1) is 18.5 Å². The number of benzene rings is 2. The first kappa shape index (κ1) is 12.8. The van der Waals surface area contributed by atoms with Crippen molar-refractivity contribution in [2.24, 2.45) is 0 Å². The minimum absolute atomic E-state index is 0.379. The summed E-state index contributed by atoms with van der Waals surface area (Å²) in [7, 11) is 1.61. The number of anilines is 2. The summed E-state index contributed by atoms with van der Waals surface area (Å²) >= 11 is 0. The number of methoxy groups -OCH3 is 1. The molecule has 0 aliphatic heterocycles. The number of carboxylic acid groups (broad SMARTS) is 1. The average molecular weight is 258 g/mol. The van der Waals surface area contributed by atoms with E-state index in [0.29, 0.717) is 11.4 Å². The fraction of sp³-hybridized carbons (Fsp3) is 0.0714. The second kappa shape index (κ2) is 5.30. The molecule has 2 rings (SSSR count). The summed E-state index contributed by atoms with van der Waals surface area (Å²) in [5.74, 6) is 0.779. The van der Waals surface area contributed by atoms with Crippen molar-refractivity contribution in [1.29, 1.82) is 0 Å². The van der Waals surface area contributed by atoms with E-state index < -0.39 is 6.09 Å². The number of nitrogens with two attached hydrogens (primary N) is 1. The fourth-order valence-electron chi connectivity index (χ4n) is 1.75. The highest BCUT2D eigenvalue weighted by atomic mass is 16.5. The van der Waals surface area contributed by atoms with E-state index in [-0.39, 0.29) is 0 Å². The van der Waals surface area contributed by atoms with Gasteiger partial charge in [0.2, 0.25) is 0 Å². The summed E-state index contributed by atoms with van der Waals surface area (Å²) in [5.41, 5.74) is 8.47. The Morgan fingerprint density at radius 2 is 1.79 bits per heavy atom. The predicted octanol–water partition coefficient (Wildman–Crippen LogP) is 3.03. The number of amides is 1. The maximum absolute atomic E-state index is 10.6. The van der Waals surface area contributed by atoms with Gasteiger partial charge in [0.15, 0.2) is 0 Å². The van der Waals surface area contributed by atoms with E-state index in [1.54, 1.807) is 19.2 Å². The van der Waals surface area contributed by atoms with E-state index in [4.69, 9.17) is 15.6 Å². The molecule has 5 heteroatoms. The van der Waals surface area contributed by atoms with Crippen molar-refractivity contribution in [1.82, 2.24) is 0 Å². The van der Waals surface area contributed by atoms with Crippen LogP contribution in [0.3, 0.4) is 0 Å². The maximum atomic E-state index is 10.6. The lowest BCUT2D eigenvalue weighted by molar-refractivity contribution is 0.210. The number of nitrogens with one attached hydrogen (secondary N) is 1. The quantitative estimate of drug-likeness (QED) is 0.739. The Morgan fingerprint density at radius 3 is 2.32 bits per heavy atom. The van der Waals surface area contributed by atoms with Gasteiger partial charge in [-0.05, 0) is 35.4 Å². The van der Waals surface area contributed by atoms with Crippen LogP contribution in [0.15, 0.2) is 42.5 Å². The smallest absolute Gasteiger partial charge is 0.409 e. The summed E-state index contributed by atoms with van der Waals surface area (Å²) in [6, 6.07) is 12.7. The molecule has 0 heterocycles. The van der Waals surface area contributed by atoms with Crippen LogP contribution in [0.1, 0.15) is 0 Å². The van der Waals surface area contributed by atoms with Crippen LogP contribution in [0.25, 0.3) is 11.1 Å². The Morgan fingerprint density at radius 1 is 1.16 bits per heavy atom. The maximum Gasteiger partial charge on any atom is 0.409 e. The number of nitrogen functional groups attached to an aromatic ring is 1. The van der Waals surface area contributed by atoms with Gasteiger partial charge in [0.25, 0.3) is 0 Å². The summed E-state index contributed by atoms with van der Waals surface area (Å²) in [6.07, 6.45) is -1.14. The van der Waals surface area contributed by atoms with Crippen LogP contribution in [0.4, 0.5) is 16.2 Å². The van der Waals surface area contributed by atoms with Crippen molar-refractivity contribution in [3.63, 3.8) is 0 Å². The molecule has 0 fully saturated rings. The van der Waals surface area contributed by atoms with Gasteiger partial charge in [-0.1, -0.05) is 18.2 Å². The molecular weight excluding hydrogens is 244 g/mol. The molecule has 4 N–H and O–H groups in total. The fourth-order valence-corrected chi connectivity index (χ4v) is 1.75. The van der Waals surface area contributed by atoms with Crippen molar-refractivity contribution in [2.75, 3.05) is 18.2 Å². The second-order valence-electron chi connectivity index (χ2n) is 3.96. The van der Waals surface area contributed by atoms with Gasteiger partial charge >= 0.3 is 6.09 Å². The van der Waals surface area contributed by atoms with Crippen LogP contribution in [0.2, 0.25) is 0 Å². The lowest BCUT2D eigenvalue weighted by Crippen LogP contribution is -2.09. The Bertz CT molecular complexity index is 594. The Balaban J connectivity index is 2.30. The Labute approximate surface area is 110 Å². The largest absolute Gasteiger partial charge is 0.497 e. The third kappa shape index (κ3) is 2.95. The molecule has 0 bridgehead atoms. The van der Waals surface area contributed by atoms with Crippen LogP contribution >= 0.6 is 0 Å². The standard InChI is InChI=1S/C14H14N2O3/c1-19-11-5-2-9(3-6-11)10-4-7-13(12(15)8-10)16-14(17)18/h2-8,16H,15H2,1H3,(H,17,18). The zero-order chi connectivity index (χ0) is 13.8. The van der Waals surface area contributed by atoms with E-state index in [2.05, 4.69) is 5.32 Å². The third-order valence-corrected chi connectivity index (χ3v) is 2.72. The second-order valence-corrected chi connectivity index (χ2v) is 3.96. The molecular formula is C14H14N2O3. The van der Waals surface area contributed by atoms with Gasteiger partial charge in [-0.25, -0.2) is 4.79 Å². The number of hydrogen-bond acceptors (Lipinski definition) is 3. The van der Waals surface area contributed by atoms with E-state index in [0.717, 1.165) is 16.9 Å².